The highest BCUT2D eigenvalue weighted by molar-refractivity contribution is 6.31. The third-order valence-corrected chi connectivity index (χ3v) is 3.29. The molecule has 0 saturated carbocycles. The Morgan fingerprint density at radius 3 is 2.39 bits per heavy atom. The Hall–Kier alpha value is -2.83. The molecule has 2 N–H and O–H groups in total. The highest BCUT2D eigenvalue weighted by Gasteiger charge is 2.41. The molecule has 7 heteroatoms. The van der Waals surface area contributed by atoms with E-state index in [1.54, 1.807) is 26.8 Å². The topological polar surface area (TPSA) is 95.9 Å². The van der Waals surface area contributed by atoms with Crippen LogP contribution in [0.2, 0.25) is 0 Å². The number of carbonyl (C=O) groups is 3. The normalized spacial score (nSPS) is 17.5. The number of rotatable bonds is 2. The van der Waals surface area contributed by atoms with Crippen molar-refractivity contribution in [1.29, 1.82) is 0 Å². The van der Waals surface area contributed by atoms with E-state index in [1.165, 1.54) is 25.3 Å². The minimum Gasteiger partial charge on any atom is -0.504 e. The maximum absolute atomic E-state index is 12.5. The fourth-order valence-corrected chi connectivity index (χ4v) is 2.23. The van der Waals surface area contributed by atoms with Gasteiger partial charge in [-0.05, 0) is 44.5 Å². The van der Waals surface area contributed by atoms with E-state index in [9.17, 15) is 19.5 Å². The summed E-state index contributed by atoms with van der Waals surface area (Å²) in [5.41, 5.74) is -0.516. The minimum absolute atomic E-state index is 0.116. The SMILES string of the molecule is COc1ccc(C=C2C(=O)NC(=O)N(C(C)(C)C)C2=O)cc1O. The molecule has 0 spiro atoms. The van der Waals surface area contributed by atoms with Crippen LogP contribution in [-0.4, -0.2) is 40.5 Å². The van der Waals surface area contributed by atoms with Crippen LogP contribution in [0.3, 0.4) is 0 Å². The Labute approximate surface area is 133 Å². The quantitative estimate of drug-likeness (QED) is 0.638. The van der Waals surface area contributed by atoms with Gasteiger partial charge in [0.15, 0.2) is 11.5 Å². The van der Waals surface area contributed by atoms with E-state index in [1.807, 2.05) is 0 Å². The number of nitrogens with zero attached hydrogens (tertiary/aromatic N) is 1. The molecule has 1 aromatic carbocycles. The molecule has 4 amide bonds. The summed E-state index contributed by atoms with van der Waals surface area (Å²) in [6.45, 7) is 5.07. The van der Waals surface area contributed by atoms with Crippen molar-refractivity contribution in [2.75, 3.05) is 7.11 Å². The molecule has 122 valence electrons. The molecular formula is C16H18N2O5. The third-order valence-electron chi connectivity index (χ3n) is 3.29. The van der Waals surface area contributed by atoms with Crippen LogP contribution in [0.1, 0.15) is 26.3 Å². The summed E-state index contributed by atoms with van der Waals surface area (Å²) in [4.78, 5) is 37.3. The van der Waals surface area contributed by atoms with Crippen LogP contribution in [0.15, 0.2) is 23.8 Å². The lowest BCUT2D eigenvalue weighted by atomic mass is 10.0. The van der Waals surface area contributed by atoms with Gasteiger partial charge in [0, 0.05) is 5.54 Å². The molecule has 1 fully saturated rings. The molecule has 2 rings (SSSR count). The van der Waals surface area contributed by atoms with Crippen molar-refractivity contribution in [2.24, 2.45) is 0 Å². The van der Waals surface area contributed by atoms with E-state index in [0.29, 0.717) is 5.56 Å². The number of barbiturate groups is 1. The second kappa shape index (κ2) is 5.75. The first kappa shape index (κ1) is 16.5. The van der Waals surface area contributed by atoms with Gasteiger partial charge in [-0.2, -0.15) is 0 Å². The fraction of sp³-hybridized carbons (Fsp3) is 0.312. The van der Waals surface area contributed by atoms with Gasteiger partial charge in [-0.1, -0.05) is 6.07 Å². The summed E-state index contributed by atoms with van der Waals surface area (Å²) in [6, 6.07) is 3.72. The summed E-state index contributed by atoms with van der Waals surface area (Å²) in [6.07, 6.45) is 1.32. The average molecular weight is 318 g/mol. The maximum Gasteiger partial charge on any atom is 0.331 e. The monoisotopic (exact) mass is 318 g/mol. The zero-order valence-electron chi connectivity index (χ0n) is 13.3. The maximum atomic E-state index is 12.5. The van der Waals surface area contributed by atoms with Gasteiger partial charge in [0.05, 0.1) is 7.11 Å². The van der Waals surface area contributed by atoms with Crippen molar-refractivity contribution in [3.63, 3.8) is 0 Å². The lowest BCUT2D eigenvalue weighted by Gasteiger charge is -2.36. The van der Waals surface area contributed by atoms with E-state index >= 15 is 0 Å². The number of phenolic OH excluding ortho intramolecular Hbond substituents is 1. The molecule has 0 unspecified atom stereocenters. The molecule has 1 aliphatic heterocycles. The van der Waals surface area contributed by atoms with Crippen LogP contribution in [-0.2, 0) is 9.59 Å². The third kappa shape index (κ3) is 3.18. The minimum atomic E-state index is -0.775. The molecule has 0 atom stereocenters. The predicted octanol–water partition coefficient (Wildman–Crippen LogP) is 1.66. The van der Waals surface area contributed by atoms with Crippen LogP contribution in [0.5, 0.6) is 11.5 Å². The van der Waals surface area contributed by atoms with Crippen molar-refractivity contribution >= 4 is 23.9 Å². The van der Waals surface area contributed by atoms with Crippen molar-refractivity contribution in [3.05, 3.63) is 29.3 Å². The van der Waals surface area contributed by atoms with Crippen LogP contribution < -0.4 is 10.1 Å². The van der Waals surface area contributed by atoms with Gasteiger partial charge in [-0.15, -0.1) is 0 Å². The molecule has 23 heavy (non-hydrogen) atoms. The van der Waals surface area contributed by atoms with Crippen molar-refractivity contribution in [3.8, 4) is 11.5 Å². The molecule has 0 bridgehead atoms. The molecule has 0 radical (unpaired) electrons. The van der Waals surface area contributed by atoms with Gasteiger partial charge < -0.3 is 9.84 Å². The molecule has 7 nitrogen and oxygen atoms in total. The number of aromatic hydroxyl groups is 1. The average Bonchev–Trinajstić information content (AvgIpc) is 2.41. The Morgan fingerprint density at radius 2 is 1.87 bits per heavy atom. The van der Waals surface area contributed by atoms with Crippen molar-refractivity contribution in [2.45, 2.75) is 26.3 Å². The predicted molar refractivity (Wildman–Crippen MR) is 82.8 cm³/mol. The number of nitrogens with one attached hydrogen (secondary N) is 1. The highest BCUT2D eigenvalue weighted by Crippen LogP contribution is 2.28. The lowest BCUT2D eigenvalue weighted by molar-refractivity contribution is -0.133. The first-order valence-corrected chi connectivity index (χ1v) is 6.93. The van der Waals surface area contributed by atoms with Gasteiger partial charge in [0.1, 0.15) is 5.57 Å². The number of hydrogen-bond acceptors (Lipinski definition) is 5. The van der Waals surface area contributed by atoms with Crippen LogP contribution >= 0.6 is 0 Å². The second-order valence-corrected chi connectivity index (χ2v) is 6.06. The van der Waals surface area contributed by atoms with Crippen LogP contribution in [0, 0.1) is 0 Å². The number of phenols is 1. The standard InChI is InChI=1S/C16H18N2O5/c1-16(2,3)18-14(21)10(13(20)17-15(18)22)7-9-5-6-12(23-4)11(19)8-9/h5-8,19H,1-4H3,(H,17,20,22). The summed E-state index contributed by atoms with van der Waals surface area (Å²) in [5, 5.41) is 11.9. The van der Waals surface area contributed by atoms with Gasteiger partial charge in [-0.3, -0.25) is 19.8 Å². The Balaban J connectivity index is 2.44. The number of benzene rings is 1. The van der Waals surface area contributed by atoms with E-state index in [2.05, 4.69) is 5.32 Å². The van der Waals surface area contributed by atoms with Gasteiger partial charge in [0.25, 0.3) is 11.8 Å². The van der Waals surface area contributed by atoms with E-state index < -0.39 is 23.4 Å². The number of imide groups is 2. The molecule has 0 aliphatic carbocycles. The zero-order chi connectivity index (χ0) is 17.4. The number of ether oxygens (including phenoxy) is 1. The number of carbonyl (C=O) groups excluding carboxylic acids is 3. The Kier molecular flexibility index (Phi) is 4.14. The fourth-order valence-electron chi connectivity index (χ4n) is 2.23. The summed E-state index contributed by atoms with van der Waals surface area (Å²) < 4.78 is 4.94. The van der Waals surface area contributed by atoms with E-state index in [0.717, 1.165) is 4.90 Å². The van der Waals surface area contributed by atoms with Crippen molar-refractivity contribution in [1.82, 2.24) is 10.2 Å². The van der Waals surface area contributed by atoms with Crippen LogP contribution in [0.25, 0.3) is 6.08 Å². The largest absolute Gasteiger partial charge is 0.504 e. The number of urea groups is 1. The summed E-state index contributed by atoms with van der Waals surface area (Å²) >= 11 is 0. The highest BCUT2D eigenvalue weighted by atomic mass is 16.5. The first-order chi connectivity index (χ1) is 10.6. The smallest absolute Gasteiger partial charge is 0.331 e. The molecule has 1 saturated heterocycles. The molecule has 0 aromatic heterocycles. The molecule has 1 heterocycles. The number of amides is 4. The van der Waals surface area contributed by atoms with Crippen LogP contribution in [0.4, 0.5) is 4.79 Å². The zero-order valence-corrected chi connectivity index (χ0v) is 13.3. The number of methoxy groups -OCH3 is 1. The molecular weight excluding hydrogens is 300 g/mol. The lowest BCUT2D eigenvalue weighted by Crippen LogP contribution is -2.60. The van der Waals surface area contributed by atoms with Crippen molar-refractivity contribution < 1.29 is 24.2 Å². The first-order valence-electron chi connectivity index (χ1n) is 6.93. The van der Waals surface area contributed by atoms with Gasteiger partial charge >= 0.3 is 6.03 Å². The Bertz CT molecular complexity index is 716. The van der Waals surface area contributed by atoms with E-state index in [4.69, 9.17) is 4.74 Å². The Morgan fingerprint density at radius 1 is 1.22 bits per heavy atom. The summed E-state index contributed by atoms with van der Waals surface area (Å²) in [7, 11) is 1.41. The molecule has 1 aliphatic rings. The van der Waals surface area contributed by atoms with E-state index in [-0.39, 0.29) is 17.1 Å². The molecule has 1 aromatic rings. The van der Waals surface area contributed by atoms with Gasteiger partial charge in [0.2, 0.25) is 0 Å². The second-order valence-electron chi connectivity index (χ2n) is 6.06. The number of hydrogen-bond donors (Lipinski definition) is 2. The summed E-state index contributed by atoms with van der Waals surface area (Å²) in [5.74, 6) is -1.29. The van der Waals surface area contributed by atoms with Gasteiger partial charge in [-0.25, -0.2) is 4.79 Å².